The fraction of sp³-hybridized carbons (Fsp3) is 0.387. The van der Waals surface area contributed by atoms with Gasteiger partial charge < -0.3 is 19.7 Å². The van der Waals surface area contributed by atoms with Crippen molar-refractivity contribution in [3.8, 4) is 0 Å². The highest BCUT2D eigenvalue weighted by molar-refractivity contribution is 7.79. The van der Waals surface area contributed by atoms with Gasteiger partial charge >= 0.3 is 6.09 Å². The molecule has 4 rings (SSSR count). The lowest BCUT2D eigenvalue weighted by Gasteiger charge is -2.47. The maximum atomic E-state index is 15.8. The number of hydrogen-bond donors (Lipinski definition) is 2. The number of hydrogen-bond acceptors (Lipinski definition) is 4. The first-order valence-electron chi connectivity index (χ1n) is 13.1. The van der Waals surface area contributed by atoms with E-state index >= 15 is 4.57 Å². The molecule has 0 aromatic heterocycles. The molecule has 1 aliphatic rings. The zero-order chi connectivity index (χ0) is 26.5. The topological polar surface area (TPSA) is 75.6 Å². The molecule has 5 nitrogen and oxygen atoms in total. The van der Waals surface area contributed by atoms with Crippen LogP contribution in [0.1, 0.15) is 64.5 Å². The van der Waals surface area contributed by atoms with Gasteiger partial charge in [0.05, 0.1) is 17.3 Å². The van der Waals surface area contributed by atoms with Gasteiger partial charge in [0.2, 0.25) is 0 Å². The van der Waals surface area contributed by atoms with Gasteiger partial charge in [0.15, 0.2) is 7.14 Å². The Bertz CT molecular complexity index is 1160. The number of ether oxygens (including phenoxy) is 1. The quantitative estimate of drug-likeness (QED) is 0.358. The van der Waals surface area contributed by atoms with E-state index < -0.39 is 36.1 Å². The summed E-state index contributed by atoms with van der Waals surface area (Å²) in [6.45, 7) is 5.44. The van der Waals surface area contributed by atoms with Gasteiger partial charge in [0, 0.05) is 10.6 Å². The van der Waals surface area contributed by atoms with E-state index in [-0.39, 0.29) is 0 Å². The first kappa shape index (κ1) is 27.2. The van der Waals surface area contributed by atoms with Crippen LogP contribution in [0.5, 0.6) is 0 Å². The van der Waals surface area contributed by atoms with Crippen LogP contribution in [0.15, 0.2) is 91.0 Å². The molecule has 0 unspecified atom stereocenters. The molecule has 1 saturated carbocycles. The van der Waals surface area contributed by atoms with Crippen LogP contribution in [0.25, 0.3) is 0 Å². The van der Waals surface area contributed by atoms with Gasteiger partial charge in [0.25, 0.3) is 0 Å². The number of alkyl carbamates (subject to hydrolysis) is 1. The summed E-state index contributed by atoms with van der Waals surface area (Å²) in [6, 6.07) is 27.6. The zero-order valence-electron chi connectivity index (χ0n) is 22.0. The van der Waals surface area contributed by atoms with Gasteiger partial charge in [-0.2, -0.15) is 0 Å². The van der Waals surface area contributed by atoms with Crippen molar-refractivity contribution >= 4 is 23.8 Å². The lowest BCUT2D eigenvalue weighted by Crippen LogP contribution is -2.54. The SMILES string of the molecule is CC(C)(C)OC(=O)N[C@H](c1ccccc1)[C@@H](C1(O)CCCCC1)P(=O)(c1ccccc1)c1ccccc1. The van der Waals surface area contributed by atoms with Crippen LogP contribution in [-0.2, 0) is 9.30 Å². The molecular formula is C31H38NO4P. The Morgan fingerprint density at radius 2 is 1.30 bits per heavy atom. The monoisotopic (exact) mass is 519 g/mol. The van der Waals surface area contributed by atoms with Crippen molar-refractivity contribution in [2.75, 3.05) is 0 Å². The largest absolute Gasteiger partial charge is 0.444 e. The summed E-state index contributed by atoms with van der Waals surface area (Å²) >= 11 is 0. The van der Waals surface area contributed by atoms with Crippen molar-refractivity contribution in [1.29, 1.82) is 0 Å². The third-order valence-corrected chi connectivity index (χ3v) is 10.8. The third kappa shape index (κ3) is 6.17. The summed E-state index contributed by atoms with van der Waals surface area (Å²) in [4.78, 5) is 13.2. The Labute approximate surface area is 220 Å². The molecule has 1 amide bonds. The predicted octanol–water partition coefficient (Wildman–Crippen LogP) is 6.33. The van der Waals surface area contributed by atoms with Crippen molar-refractivity contribution in [3.63, 3.8) is 0 Å². The number of amides is 1. The summed E-state index contributed by atoms with van der Waals surface area (Å²) in [5.41, 5.74) is -1.98. The molecule has 1 aliphatic carbocycles. The Kier molecular flexibility index (Phi) is 8.26. The standard InChI is InChI=1S/C31H38NO4P/c1-30(2,3)36-29(33)32-27(24-16-8-4-9-17-24)28(31(34)22-14-7-15-23-31)37(35,25-18-10-5-11-19-25)26-20-12-6-13-21-26/h4-6,8-13,16-21,27-28,34H,7,14-15,22-23H2,1-3H3,(H,32,33)/t27-,28+/m1/s1. The number of benzene rings is 3. The number of carbonyl (C=O) groups excluding carboxylic acids is 1. The maximum Gasteiger partial charge on any atom is 0.408 e. The van der Waals surface area contributed by atoms with Crippen LogP contribution in [0.3, 0.4) is 0 Å². The van der Waals surface area contributed by atoms with E-state index in [2.05, 4.69) is 5.32 Å². The molecule has 37 heavy (non-hydrogen) atoms. The third-order valence-electron chi connectivity index (χ3n) is 7.09. The van der Waals surface area contributed by atoms with Crippen molar-refractivity contribution in [3.05, 3.63) is 96.6 Å². The van der Waals surface area contributed by atoms with Crippen molar-refractivity contribution in [1.82, 2.24) is 5.32 Å². The molecule has 6 heteroatoms. The van der Waals surface area contributed by atoms with Crippen LogP contribution in [0, 0.1) is 0 Å². The number of rotatable bonds is 7. The van der Waals surface area contributed by atoms with E-state index in [1.165, 1.54) is 0 Å². The maximum absolute atomic E-state index is 15.8. The molecule has 0 heterocycles. The summed E-state index contributed by atoms with van der Waals surface area (Å²) in [6.07, 6.45) is 3.13. The summed E-state index contributed by atoms with van der Waals surface area (Å²) in [5.74, 6) is 0. The number of carbonyl (C=O) groups is 1. The second kappa shape index (κ2) is 11.2. The predicted molar refractivity (Wildman–Crippen MR) is 150 cm³/mol. The van der Waals surface area contributed by atoms with Gasteiger partial charge in [-0.1, -0.05) is 110 Å². The highest BCUT2D eigenvalue weighted by Gasteiger charge is 2.54. The molecule has 196 valence electrons. The molecule has 0 bridgehead atoms. The average Bonchev–Trinajstić information content (AvgIpc) is 2.89. The average molecular weight is 520 g/mol. The van der Waals surface area contributed by atoms with Crippen molar-refractivity contribution in [2.24, 2.45) is 0 Å². The smallest absolute Gasteiger partial charge is 0.408 e. The highest BCUT2D eigenvalue weighted by Crippen LogP contribution is 2.59. The fourth-order valence-electron chi connectivity index (χ4n) is 5.53. The van der Waals surface area contributed by atoms with E-state index in [1.807, 2.05) is 112 Å². The molecule has 3 aromatic rings. The van der Waals surface area contributed by atoms with Crippen molar-refractivity contribution in [2.45, 2.75) is 75.8 Å². The number of nitrogens with one attached hydrogen (secondary N) is 1. The van der Waals surface area contributed by atoms with Gasteiger partial charge in [-0.05, 0) is 39.2 Å². The van der Waals surface area contributed by atoms with Crippen LogP contribution in [-0.4, -0.2) is 28.1 Å². The van der Waals surface area contributed by atoms with E-state index in [0.29, 0.717) is 23.5 Å². The molecule has 0 aliphatic heterocycles. The second-order valence-corrected chi connectivity index (χ2v) is 13.9. The molecule has 0 saturated heterocycles. The van der Waals surface area contributed by atoms with Gasteiger partial charge in [-0.15, -0.1) is 0 Å². The minimum atomic E-state index is -3.52. The summed E-state index contributed by atoms with van der Waals surface area (Å²) in [5, 5.41) is 16.8. The minimum Gasteiger partial charge on any atom is -0.444 e. The molecule has 3 aromatic carbocycles. The second-order valence-electron chi connectivity index (χ2n) is 11.0. The molecule has 0 radical (unpaired) electrons. The van der Waals surface area contributed by atoms with E-state index in [0.717, 1.165) is 24.8 Å². The lowest BCUT2D eigenvalue weighted by atomic mass is 9.78. The van der Waals surface area contributed by atoms with Gasteiger partial charge in [0.1, 0.15) is 5.60 Å². The lowest BCUT2D eigenvalue weighted by molar-refractivity contribution is -0.0104. The Balaban J connectivity index is 1.97. The molecule has 0 spiro atoms. The highest BCUT2D eigenvalue weighted by atomic mass is 31.2. The molecule has 1 fully saturated rings. The van der Waals surface area contributed by atoms with Crippen LogP contribution < -0.4 is 15.9 Å². The summed E-state index contributed by atoms with van der Waals surface area (Å²) < 4.78 is 21.4. The molecule has 2 N–H and O–H groups in total. The van der Waals surface area contributed by atoms with Gasteiger partial charge in [-0.3, -0.25) is 0 Å². The van der Waals surface area contributed by atoms with E-state index in [9.17, 15) is 9.90 Å². The Hall–Kier alpha value is -2.88. The minimum absolute atomic E-state index is 0.515. The Morgan fingerprint density at radius 1 is 0.838 bits per heavy atom. The normalized spacial score (nSPS) is 17.4. The van der Waals surface area contributed by atoms with Crippen LogP contribution in [0.4, 0.5) is 4.79 Å². The zero-order valence-corrected chi connectivity index (χ0v) is 22.9. The summed E-state index contributed by atoms with van der Waals surface area (Å²) in [7, 11) is -3.52. The first-order valence-corrected chi connectivity index (χ1v) is 14.9. The van der Waals surface area contributed by atoms with Crippen molar-refractivity contribution < 1.29 is 19.2 Å². The van der Waals surface area contributed by atoms with E-state index in [1.54, 1.807) is 0 Å². The van der Waals surface area contributed by atoms with E-state index in [4.69, 9.17) is 4.74 Å². The first-order chi connectivity index (χ1) is 17.6. The van der Waals surface area contributed by atoms with Gasteiger partial charge in [-0.25, -0.2) is 4.79 Å². The molecule has 2 atom stereocenters. The molecular weight excluding hydrogens is 481 g/mol. The van der Waals surface area contributed by atoms with Crippen LogP contribution in [0.2, 0.25) is 0 Å². The number of aliphatic hydroxyl groups is 1. The Morgan fingerprint density at radius 3 is 1.76 bits per heavy atom. The fourth-order valence-corrected chi connectivity index (χ4v) is 9.30. The van der Waals surface area contributed by atoms with Crippen LogP contribution >= 0.6 is 7.14 Å².